The first-order valence-electron chi connectivity index (χ1n) is 7.20. The van der Waals surface area contributed by atoms with E-state index in [2.05, 4.69) is 12.2 Å². The number of benzene rings is 1. The summed E-state index contributed by atoms with van der Waals surface area (Å²) in [5, 5.41) is 13.4. The molecule has 1 amide bonds. The summed E-state index contributed by atoms with van der Waals surface area (Å²) in [6.07, 6.45) is 5.85. The molecule has 0 aliphatic carbocycles. The Bertz CT molecular complexity index is 489. The van der Waals surface area contributed by atoms with Crippen molar-refractivity contribution in [2.24, 2.45) is 0 Å². The summed E-state index contributed by atoms with van der Waals surface area (Å²) in [7, 11) is 1.42. The number of nitrogens with zero attached hydrogens (tertiary/aromatic N) is 1. The van der Waals surface area contributed by atoms with Crippen LogP contribution in [-0.4, -0.2) is 17.9 Å². The van der Waals surface area contributed by atoms with Gasteiger partial charge in [-0.25, -0.2) is 0 Å². The molecule has 0 aliphatic rings. The largest absolute Gasteiger partial charge is 0.494 e. The van der Waals surface area contributed by atoms with E-state index in [1.165, 1.54) is 38.2 Å². The van der Waals surface area contributed by atoms with E-state index < -0.39 is 4.92 Å². The van der Waals surface area contributed by atoms with Gasteiger partial charge in [0.2, 0.25) is 5.91 Å². The number of anilines is 1. The quantitative estimate of drug-likeness (QED) is 0.425. The molecule has 1 aromatic carbocycles. The molecule has 0 aromatic heterocycles. The fourth-order valence-corrected chi connectivity index (χ4v) is 2.00. The second kappa shape index (κ2) is 8.94. The van der Waals surface area contributed by atoms with Gasteiger partial charge in [0.15, 0.2) is 0 Å². The number of carbonyl (C=O) groups excluding carboxylic acids is 1. The van der Waals surface area contributed by atoms with E-state index >= 15 is 0 Å². The first-order chi connectivity index (χ1) is 10.1. The van der Waals surface area contributed by atoms with E-state index in [4.69, 9.17) is 4.74 Å². The van der Waals surface area contributed by atoms with Crippen molar-refractivity contribution in [3.63, 3.8) is 0 Å². The van der Waals surface area contributed by atoms with Crippen LogP contribution in [0.15, 0.2) is 18.2 Å². The van der Waals surface area contributed by atoms with Crippen LogP contribution in [0.5, 0.6) is 5.75 Å². The number of ether oxygens (including phenoxy) is 1. The third kappa shape index (κ3) is 5.81. The molecule has 116 valence electrons. The molecule has 0 spiro atoms. The zero-order valence-electron chi connectivity index (χ0n) is 12.6. The van der Waals surface area contributed by atoms with Crippen LogP contribution in [0, 0.1) is 10.1 Å². The van der Waals surface area contributed by atoms with Crippen LogP contribution in [-0.2, 0) is 4.79 Å². The summed E-state index contributed by atoms with van der Waals surface area (Å²) in [5.41, 5.74) is 0.395. The zero-order chi connectivity index (χ0) is 15.7. The summed E-state index contributed by atoms with van der Waals surface area (Å²) >= 11 is 0. The van der Waals surface area contributed by atoms with Crippen LogP contribution in [0.25, 0.3) is 0 Å². The number of rotatable bonds is 9. The molecular formula is C15H22N2O4. The van der Waals surface area contributed by atoms with Crippen molar-refractivity contribution < 1.29 is 14.5 Å². The Kier molecular flexibility index (Phi) is 7.21. The molecule has 6 nitrogen and oxygen atoms in total. The van der Waals surface area contributed by atoms with Gasteiger partial charge in [-0.05, 0) is 12.5 Å². The van der Waals surface area contributed by atoms with Crippen LogP contribution in [0.3, 0.4) is 0 Å². The Hall–Kier alpha value is -2.11. The molecule has 0 radical (unpaired) electrons. The Balaban J connectivity index is 2.53. The second-order valence-corrected chi connectivity index (χ2v) is 4.85. The minimum Gasteiger partial charge on any atom is -0.494 e. The van der Waals surface area contributed by atoms with E-state index in [1.54, 1.807) is 0 Å². The van der Waals surface area contributed by atoms with Gasteiger partial charge in [-0.3, -0.25) is 14.9 Å². The maximum atomic E-state index is 11.8. The van der Waals surface area contributed by atoms with Gasteiger partial charge in [0, 0.05) is 12.5 Å². The molecule has 6 heteroatoms. The lowest BCUT2D eigenvalue weighted by Crippen LogP contribution is -2.12. The predicted octanol–water partition coefficient (Wildman–Crippen LogP) is 3.90. The Morgan fingerprint density at radius 2 is 2.00 bits per heavy atom. The number of nitro groups is 1. The van der Waals surface area contributed by atoms with E-state index in [9.17, 15) is 14.9 Å². The van der Waals surface area contributed by atoms with Crippen LogP contribution in [0.4, 0.5) is 11.4 Å². The fraction of sp³-hybridized carbons (Fsp3) is 0.533. The molecule has 1 rings (SSSR count). The molecule has 0 saturated heterocycles. The first kappa shape index (κ1) is 16.9. The van der Waals surface area contributed by atoms with E-state index in [1.807, 2.05) is 0 Å². The van der Waals surface area contributed by atoms with Gasteiger partial charge >= 0.3 is 0 Å². The van der Waals surface area contributed by atoms with E-state index in [-0.39, 0.29) is 11.6 Å². The first-order valence-corrected chi connectivity index (χ1v) is 7.20. The summed E-state index contributed by atoms with van der Waals surface area (Å²) in [5.74, 6) is 0.196. The number of carbonyl (C=O) groups is 1. The highest BCUT2D eigenvalue weighted by molar-refractivity contribution is 5.92. The zero-order valence-corrected chi connectivity index (χ0v) is 12.6. The molecule has 21 heavy (non-hydrogen) atoms. The lowest BCUT2D eigenvalue weighted by atomic mass is 10.1. The number of nitrogens with one attached hydrogen (secondary N) is 1. The SMILES string of the molecule is CCCCCCCC(=O)Nc1ccc([N+](=O)[O-])cc1OC. The van der Waals surface area contributed by atoms with Crippen molar-refractivity contribution in [1.29, 1.82) is 0 Å². The molecule has 0 heterocycles. The Labute approximate surface area is 124 Å². The van der Waals surface area contributed by atoms with Gasteiger partial charge in [0.25, 0.3) is 5.69 Å². The maximum Gasteiger partial charge on any atom is 0.273 e. The number of methoxy groups -OCH3 is 1. The molecule has 0 aliphatic heterocycles. The number of hydrogen-bond acceptors (Lipinski definition) is 4. The van der Waals surface area contributed by atoms with E-state index in [0.29, 0.717) is 17.9 Å². The smallest absolute Gasteiger partial charge is 0.273 e. The van der Waals surface area contributed by atoms with Crippen LogP contribution in [0.2, 0.25) is 0 Å². The maximum absolute atomic E-state index is 11.8. The lowest BCUT2D eigenvalue weighted by Gasteiger charge is -2.09. The molecule has 0 saturated carbocycles. The monoisotopic (exact) mass is 294 g/mol. The van der Waals surface area contributed by atoms with Crippen molar-refractivity contribution in [2.75, 3.05) is 12.4 Å². The highest BCUT2D eigenvalue weighted by Crippen LogP contribution is 2.29. The second-order valence-electron chi connectivity index (χ2n) is 4.85. The van der Waals surface area contributed by atoms with Gasteiger partial charge in [-0.15, -0.1) is 0 Å². The average Bonchev–Trinajstić information content (AvgIpc) is 2.47. The average molecular weight is 294 g/mol. The summed E-state index contributed by atoms with van der Waals surface area (Å²) in [6, 6.07) is 4.14. The molecule has 0 fully saturated rings. The van der Waals surface area contributed by atoms with Crippen molar-refractivity contribution in [2.45, 2.75) is 45.4 Å². The minimum absolute atomic E-state index is 0.0654. The summed E-state index contributed by atoms with van der Waals surface area (Å²) in [4.78, 5) is 22.0. The third-order valence-corrected chi connectivity index (χ3v) is 3.18. The van der Waals surface area contributed by atoms with Crippen LogP contribution >= 0.6 is 0 Å². The minimum atomic E-state index is -0.498. The molecule has 0 unspecified atom stereocenters. The van der Waals surface area contributed by atoms with E-state index in [0.717, 1.165) is 19.3 Å². The number of amides is 1. The molecule has 0 atom stereocenters. The third-order valence-electron chi connectivity index (χ3n) is 3.18. The normalized spacial score (nSPS) is 10.2. The number of hydrogen-bond donors (Lipinski definition) is 1. The van der Waals surface area contributed by atoms with Gasteiger partial charge in [-0.1, -0.05) is 32.6 Å². The van der Waals surface area contributed by atoms with Gasteiger partial charge in [-0.2, -0.15) is 0 Å². The van der Waals surface area contributed by atoms with Crippen LogP contribution in [0.1, 0.15) is 45.4 Å². The van der Waals surface area contributed by atoms with Crippen molar-refractivity contribution in [3.8, 4) is 5.75 Å². The van der Waals surface area contributed by atoms with Crippen LogP contribution < -0.4 is 10.1 Å². The lowest BCUT2D eigenvalue weighted by molar-refractivity contribution is -0.384. The molecule has 0 bridgehead atoms. The summed E-state index contributed by atoms with van der Waals surface area (Å²) < 4.78 is 5.08. The van der Waals surface area contributed by atoms with Gasteiger partial charge in [0.1, 0.15) is 5.75 Å². The highest BCUT2D eigenvalue weighted by atomic mass is 16.6. The molecule has 1 N–H and O–H groups in total. The number of unbranched alkanes of at least 4 members (excludes halogenated alkanes) is 4. The van der Waals surface area contributed by atoms with Crippen molar-refractivity contribution in [3.05, 3.63) is 28.3 Å². The highest BCUT2D eigenvalue weighted by Gasteiger charge is 2.13. The molecule has 1 aromatic rings. The fourth-order valence-electron chi connectivity index (χ4n) is 2.00. The number of nitro benzene ring substituents is 1. The van der Waals surface area contributed by atoms with Gasteiger partial charge < -0.3 is 10.1 Å². The molecular weight excluding hydrogens is 272 g/mol. The Morgan fingerprint density at radius 3 is 2.62 bits per heavy atom. The standard InChI is InChI=1S/C15H22N2O4/c1-3-4-5-6-7-8-15(18)16-13-10-9-12(17(19)20)11-14(13)21-2/h9-11H,3-8H2,1-2H3,(H,16,18). The Morgan fingerprint density at radius 1 is 1.29 bits per heavy atom. The summed E-state index contributed by atoms with van der Waals surface area (Å²) in [6.45, 7) is 2.15. The topological polar surface area (TPSA) is 81.5 Å². The van der Waals surface area contributed by atoms with Crippen molar-refractivity contribution in [1.82, 2.24) is 0 Å². The van der Waals surface area contributed by atoms with Crippen molar-refractivity contribution >= 4 is 17.3 Å². The predicted molar refractivity (Wildman–Crippen MR) is 81.7 cm³/mol. The number of non-ortho nitro benzene ring substituents is 1. The van der Waals surface area contributed by atoms with Gasteiger partial charge in [0.05, 0.1) is 23.8 Å².